The molecule has 1 fully saturated rings. The van der Waals surface area contributed by atoms with Gasteiger partial charge in [-0.15, -0.1) is 0 Å². The van der Waals surface area contributed by atoms with Crippen molar-refractivity contribution >= 4 is 17.7 Å². The summed E-state index contributed by atoms with van der Waals surface area (Å²) in [6.07, 6.45) is 5.17. The lowest BCUT2D eigenvalue weighted by Crippen LogP contribution is -2.49. The van der Waals surface area contributed by atoms with Crippen molar-refractivity contribution in [3.8, 4) is 0 Å². The van der Waals surface area contributed by atoms with Crippen LogP contribution in [0, 0.1) is 5.41 Å². The fourth-order valence-corrected chi connectivity index (χ4v) is 3.64. The maximum Gasteiger partial charge on any atom is 0.226 e. The Labute approximate surface area is 122 Å². The molecule has 0 bridgehead atoms. The van der Waals surface area contributed by atoms with E-state index in [0.717, 1.165) is 56.7 Å². The van der Waals surface area contributed by atoms with Gasteiger partial charge in [-0.05, 0) is 57.2 Å². The molecule has 0 aromatic carbocycles. The van der Waals surface area contributed by atoms with Crippen LogP contribution in [0.2, 0.25) is 0 Å². The average molecular weight is 286 g/mol. The smallest absolute Gasteiger partial charge is 0.226 e. The fraction of sp³-hybridized carbons (Fsp3) is 0.933. The molecule has 3 nitrogen and oxygen atoms in total. The van der Waals surface area contributed by atoms with Crippen LogP contribution in [0.5, 0.6) is 0 Å². The zero-order chi connectivity index (χ0) is 14.1. The summed E-state index contributed by atoms with van der Waals surface area (Å²) >= 11 is 1.95. The fourth-order valence-electron chi connectivity index (χ4n) is 2.83. The topological polar surface area (TPSA) is 41.1 Å². The van der Waals surface area contributed by atoms with Gasteiger partial charge in [-0.1, -0.05) is 20.3 Å². The van der Waals surface area contributed by atoms with Crippen molar-refractivity contribution in [2.45, 2.75) is 58.9 Å². The first-order chi connectivity index (χ1) is 9.14. The monoisotopic (exact) mass is 286 g/mol. The molecule has 1 heterocycles. The first-order valence-electron chi connectivity index (χ1n) is 7.74. The molecule has 1 saturated heterocycles. The number of piperidine rings is 1. The van der Waals surface area contributed by atoms with Gasteiger partial charge in [-0.3, -0.25) is 4.79 Å². The average Bonchev–Trinajstić information content (AvgIpc) is 2.40. The number of carbonyl (C=O) groups is 1. The van der Waals surface area contributed by atoms with Gasteiger partial charge in [0.15, 0.2) is 0 Å². The van der Waals surface area contributed by atoms with Crippen LogP contribution in [0.3, 0.4) is 0 Å². The summed E-state index contributed by atoms with van der Waals surface area (Å²) in [5, 5.41) is 6.62. The molecule has 2 N–H and O–H groups in total. The summed E-state index contributed by atoms with van der Waals surface area (Å²) in [5.41, 5.74) is -0.105. The highest BCUT2D eigenvalue weighted by molar-refractivity contribution is 7.99. The molecule has 1 aliphatic rings. The van der Waals surface area contributed by atoms with Crippen LogP contribution in [0.25, 0.3) is 0 Å². The second kappa shape index (κ2) is 8.85. The molecule has 4 heteroatoms. The molecule has 19 heavy (non-hydrogen) atoms. The molecule has 0 aliphatic carbocycles. The van der Waals surface area contributed by atoms with Crippen molar-refractivity contribution in [2.75, 3.05) is 24.6 Å². The van der Waals surface area contributed by atoms with Gasteiger partial charge in [0.2, 0.25) is 5.91 Å². The van der Waals surface area contributed by atoms with Crippen LogP contribution in [-0.2, 0) is 4.79 Å². The van der Waals surface area contributed by atoms with E-state index in [9.17, 15) is 4.79 Å². The van der Waals surface area contributed by atoms with Crippen molar-refractivity contribution in [2.24, 2.45) is 5.41 Å². The van der Waals surface area contributed by atoms with Gasteiger partial charge in [-0.2, -0.15) is 11.8 Å². The van der Waals surface area contributed by atoms with Crippen molar-refractivity contribution < 1.29 is 4.79 Å². The van der Waals surface area contributed by atoms with E-state index < -0.39 is 0 Å². The third kappa shape index (κ3) is 5.35. The first-order valence-corrected chi connectivity index (χ1v) is 8.89. The Morgan fingerprint density at radius 1 is 1.37 bits per heavy atom. The lowest BCUT2D eigenvalue weighted by atomic mass is 9.74. The number of hydrogen-bond donors (Lipinski definition) is 2. The van der Waals surface area contributed by atoms with Gasteiger partial charge in [0.25, 0.3) is 0 Å². The van der Waals surface area contributed by atoms with Crippen molar-refractivity contribution in [1.29, 1.82) is 0 Å². The van der Waals surface area contributed by atoms with Gasteiger partial charge in [-0.25, -0.2) is 0 Å². The van der Waals surface area contributed by atoms with E-state index in [-0.39, 0.29) is 5.41 Å². The number of thioether (sulfide) groups is 1. The Kier molecular flexibility index (Phi) is 7.84. The molecule has 1 rings (SSSR count). The first kappa shape index (κ1) is 16.8. The van der Waals surface area contributed by atoms with Crippen molar-refractivity contribution in [3.05, 3.63) is 0 Å². The van der Waals surface area contributed by atoms with E-state index in [1.165, 1.54) is 0 Å². The predicted octanol–water partition coefficient (Wildman–Crippen LogP) is 2.80. The Bertz CT molecular complexity index is 259. The third-order valence-electron chi connectivity index (χ3n) is 4.05. The molecular formula is C15H30N2OS. The maximum absolute atomic E-state index is 12.6. The molecule has 1 aliphatic heterocycles. The quantitative estimate of drug-likeness (QED) is 0.674. The van der Waals surface area contributed by atoms with Crippen LogP contribution in [0.4, 0.5) is 0 Å². The van der Waals surface area contributed by atoms with Crippen LogP contribution in [0.1, 0.15) is 52.9 Å². The number of hydrogen-bond acceptors (Lipinski definition) is 3. The molecule has 1 amide bonds. The molecule has 0 aromatic rings. The largest absolute Gasteiger partial charge is 0.353 e. The van der Waals surface area contributed by atoms with Gasteiger partial charge >= 0.3 is 0 Å². The molecule has 1 atom stereocenters. The summed E-state index contributed by atoms with van der Waals surface area (Å²) in [5.74, 6) is 2.59. The molecular weight excluding hydrogens is 256 g/mol. The molecule has 1 unspecified atom stereocenters. The summed E-state index contributed by atoms with van der Waals surface area (Å²) in [4.78, 5) is 12.6. The van der Waals surface area contributed by atoms with Crippen LogP contribution >= 0.6 is 11.8 Å². The molecule has 0 spiro atoms. The highest BCUT2D eigenvalue weighted by Gasteiger charge is 2.38. The summed E-state index contributed by atoms with van der Waals surface area (Å²) in [6, 6.07) is 0.301. The minimum Gasteiger partial charge on any atom is -0.353 e. The Hall–Kier alpha value is -0.220. The lowest BCUT2D eigenvalue weighted by Gasteiger charge is -2.37. The zero-order valence-electron chi connectivity index (χ0n) is 12.8. The van der Waals surface area contributed by atoms with Crippen molar-refractivity contribution in [1.82, 2.24) is 10.6 Å². The normalized spacial score (nSPS) is 19.9. The SMILES string of the molecule is CCCC1(C(=O)NC(C)CCSCC)CCNCC1. The molecule has 0 aromatic heterocycles. The van der Waals surface area contributed by atoms with Crippen LogP contribution < -0.4 is 10.6 Å². The van der Waals surface area contributed by atoms with Crippen LogP contribution in [0.15, 0.2) is 0 Å². The standard InChI is InChI=1S/C15H30N2OS/c1-4-7-15(8-10-16-11-9-15)14(18)17-13(3)6-12-19-5-2/h13,16H,4-12H2,1-3H3,(H,17,18). The molecule has 112 valence electrons. The lowest BCUT2D eigenvalue weighted by molar-refractivity contribution is -0.133. The highest BCUT2D eigenvalue weighted by atomic mass is 32.2. The van der Waals surface area contributed by atoms with Crippen LogP contribution in [-0.4, -0.2) is 36.5 Å². The second-order valence-corrected chi connectivity index (χ2v) is 7.03. The Morgan fingerprint density at radius 3 is 2.63 bits per heavy atom. The van der Waals surface area contributed by atoms with E-state index >= 15 is 0 Å². The second-order valence-electron chi connectivity index (χ2n) is 5.64. The highest BCUT2D eigenvalue weighted by Crippen LogP contribution is 2.34. The van der Waals surface area contributed by atoms with Gasteiger partial charge in [0, 0.05) is 6.04 Å². The van der Waals surface area contributed by atoms with E-state index in [1.807, 2.05) is 11.8 Å². The summed E-state index contributed by atoms with van der Waals surface area (Å²) in [6.45, 7) is 8.45. The third-order valence-corrected chi connectivity index (χ3v) is 4.98. The minimum absolute atomic E-state index is 0.105. The number of rotatable bonds is 8. The summed E-state index contributed by atoms with van der Waals surface area (Å²) < 4.78 is 0. The zero-order valence-corrected chi connectivity index (χ0v) is 13.6. The predicted molar refractivity (Wildman–Crippen MR) is 84.7 cm³/mol. The number of nitrogens with one attached hydrogen (secondary N) is 2. The van der Waals surface area contributed by atoms with E-state index in [0.29, 0.717) is 11.9 Å². The van der Waals surface area contributed by atoms with Gasteiger partial charge in [0.1, 0.15) is 0 Å². The van der Waals surface area contributed by atoms with Gasteiger partial charge < -0.3 is 10.6 Å². The Balaban J connectivity index is 2.47. The van der Waals surface area contributed by atoms with E-state index in [4.69, 9.17) is 0 Å². The molecule has 0 saturated carbocycles. The summed E-state index contributed by atoms with van der Waals surface area (Å²) in [7, 11) is 0. The van der Waals surface area contributed by atoms with Gasteiger partial charge in [0.05, 0.1) is 5.41 Å². The van der Waals surface area contributed by atoms with E-state index in [1.54, 1.807) is 0 Å². The van der Waals surface area contributed by atoms with E-state index in [2.05, 4.69) is 31.4 Å². The Morgan fingerprint density at radius 2 is 2.05 bits per heavy atom. The maximum atomic E-state index is 12.6. The number of amides is 1. The van der Waals surface area contributed by atoms with Crippen molar-refractivity contribution in [3.63, 3.8) is 0 Å². The number of carbonyl (C=O) groups excluding carboxylic acids is 1. The minimum atomic E-state index is -0.105. The molecule has 0 radical (unpaired) electrons.